The highest BCUT2D eigenvalue weighted by Crippen LogP contribution is 2.45. The summed E-state index contributed by atoms with van der Waals surface area (Å²) in [6.45, 7) is 2.02. The summed E-state index contributed by atoms with van der Waals surface area (Å²) in [7, 11) is 0. The van der Waals surface area contributed by atoms with Gasteiger partial charge in [-0.2, -0.15) is 0 Å². The molecule has 0 bridgehead atoms. The zero-order chi connectivity index (χ0) is 19.7. The summed E-state index contributed by atoms with van der Waals surface area (Å²) in [6, 6.07) is 10.7. The molecule has 0 N–H and O–H groups in total. The van der Waals surface area contributed by atoms with Crippen LogP contribution in [-0.4, -0.2) is 0 Å². The van der Waals surface area contributed by atoms with E-state index in [0.717, 1.165) is 35.1 Å². The number of hydrogen-bond donors (Lipinski definition) is 0. The minimum absolute atomic E-state index is 0.0469. The lowest BCUT2D eigenvalue weighted by Gasteiger charge is -2.08. The van der Waals surface area contributed by atoms with E-state index in [9.17, 15) is 22.0 Å². The molecule has 5 rings (SSSR count). The third-order valence-electron chi connectivity index (χ3n) is 4.74. The quantitative estimate of drug-likeness (QED) is 0.147. The van der Waals surface area contributed by atoms with Gasteiger partial charge in [0.15, 0.2) is 23.3 Å². The van der Waals surface area contributed by atoms with Gasteiger partial charge >= 0.3 is 0 Å². The molecular weight excluding hydrogens is 411 g/mol. The zero-order valence-corrected chi connectivity index (χ0v) is 15.8. The van der Waals surface area contributed by atoms with Gasteiger partial charge in [-0.3, -0.25) is 0 Å². The molecule has 2 aromatic heterocycles. The Morgan fingerprint density at radius 3 is 1.71 bits per heavy atom. The summed E-state index contributed by atoms with van der Waals surface area (Å²) in [6.07, 6.45) is 0. The normalized spacial score (nSPS) is 11.9. The molecule has 0 spiro atoms. The van der Waals surface area contributed by atoms with Crippen molar-refractivity contribution >= 4 is 52.2 Å². The van der Waals surface area contributed by atoms with E-state index in [4.69, 9.17) is 0 Å². The number of benzene rings is 3. The van der Waals surface area contributed by atoms with Gasteiger partial charge in [-0.25, -0.2) is 22.0 Å². The molecule has 3 aromatic carbocycles. The highest BCUT2D eigenvalue weighted by atomic mass is 32.1. The third-order valence-corrected chi connectivity index (χ3v) is 7.24. The Bertz CT molecular complexity index is 1400. The zero-order valence-electron chi connectivity index (χ0n) is 14.2. The maximum atomic E-state index is 14.2. The highest BCUT2D eigenvalue weighted by Gasteiger charge is 2.27. The average molecular weight is 420 g/mol. The summed E-state index contributed by atoms with van der Waals surface area (Å²) < 4.78 is 72.7. The lowest BCUT2D eigenvalue weighted by molar-refractivity contribution is 0.381. The number of rotatable bonds is 1. The van der Waals surface area contributed by atoms with Crippen molar-refractivity contribution < 1.29 is 22.0 Å². The Balaban J connectivity index is 1.79. The standard InChI is InChI=1S/C21H9F5S2/c1-8-2-4-10-12(6-8)27-21-11-5-3-9(7-13(11)28-20(10)21)14-15(22)17(24)19(26)18(25)16(14)23/h2-7H,1H3. The minimum atomic E-state index is -2.15. The van der Waals surface area contributed by atoms with Crippen LogP contribution in [0, 0.1) is 36.0 Å². The van der Waals surface area contributed by atoms with Gasteiger partial charge in [0, 0.05) is 20.2 Å². The van der Waals surface area contributed by atoms with Crippen LogP contribution in [0.1, 0.15) is 5.56 Å². The summed E-state index contributed by atoms with van der Waals surface area (Å²) in [5.41, 5.74) is 0.198. The van der Waals surface area contributed by atoms with Gasteiger partial charge in [0.25, 0.3) is 0 Å². The van der Waals surface area contributed by atoms with Gasteiger partial charge in [-0.1, -0.05) is 24.3 Å². The number of thiophene rings is 2. The predicted molar refractivity (Wildman–Crippen MR) is 105 cm³/mol. The second-order valence-electron chi connectivity index (χ2n) is 6.52. The van der Waals surface area contributed by atoms with Crippen LogP contribution >= 0.6 is 22.7 Å². The number of hydrogen-bond acceptors (Lipinski definition) is 2. The van der Waals surface area contributed by atoms with E-state index < -0.39 is 34.6 Å². The van der Waals surface area contributed by atoms with Crippen molar-refractivity contribution in [2.24, 2.45) is 0 Å². The monoisotopic (exact) mass is 420 g/mol. The molecule has 0 fully saturated rings. The molecule has 0 atom stereocenters. The fourth-order valence-electron chi connectivity index (χ4n) is 3.38. The Morgan fingerprint density at radius 1 is 0.607 bits per heavy atom. The molecule has 0 saturated carbocycles. The van der Waals surface area contributed by atoms with E-state index in [-0.39, 0.29) is 5.56 Å². The van der Waals surface area contributed by atoms with Crippen LogP contribution < -0.4 is 0 Å². The van der Waals surface area contributed by atoms with Gasteiger partial charge in [0.1, 0.15) is 0 Å². The van der Waals surface area contributed by atoms with Crippen molar-refractivity contribution in [3.63, 3.8) is 0 Å². The molecule has 28 heavy (non-hydrogen) atoms. The molecule has 0 amide bonds. The van der Waals surface area contributed by atoms with Crippen molar-refractivity contribution in [1.82, 2.24) is 0 Å². The second-order valence-corrected chi connectivity index (χ2v) is 8.62. The van der Waals surface area contributed by atoms with Crippen LogP contribution in [0.15, 0.2) is 36.4 Å². The van der Waals surface area contributed by atoms with Crippen LogP contribution in [0.25, 0.3) is 40.7 Å². The molecule has 0 aliphatic heterocycles. The molecular formula is C21H9F5S2. The Kier molecular flexibility index (Phi) is 3.76. The first-order valence-electron chi connectivity index (χ1n) is 8.24. The molecule has 0 nitrogen and oxygen atoms in total. The lowest BCUT2D eigenvalue weighted by Crippen LogP contribution is -2.03. The summed E-state index contributed by atoms with van der Waals surface area (Å²) in [4.78, 5) is 0. The fourth-order valence-corrected chi connectivity index (χ4v) is 6.17. The van der Waals surface area contributed by atoms with E-state index >= 15 is 0 Å². The van der Waals surface area contributed by atoms with Gasteiger partial charge in [-0.05, 0) is 30.2 Å². The predicted octanol–water partition coefficient (Wildman–Crippen LogP) is 7.94. The van der Waals surface area contributed by atoms with Crippen molar-refractivity contribution in [3.05, 3.63) is 71.0 Å². The molecule has 5 aromatic rings. The molecule has 2 heterocycles. The van der Waals surface area contributed by atoms with Crippen molar-refractivity contribution in [2.45, 2.75) is 6.92 Å². The number of aryl methyl sites for hydroxylation is 1. The van der Waals surface area contributed by atoms with Gasteiger partial charge in [-0.15, -0.1) is 22.7 Å². The first-order chi connectivity index (χ1) is 13.4. The van der Waals surface area contributed by atoms with Crippen LogP contribution in [-0.2, 0) is 0 Å². The van der Waals surface area contributed by atoms with Crippen molar-refractivity contribution in [2.75, 3.05) is 0 Å². The first-order valence-corrected chi connectivity index (χ1v) is 9.87. The molecule has 0 unspecified atom stereocenters. The van der Waals surface area contributed by atoms with Crippen LogP contribution in [0.4, 0.5) is 22.0 Å². The van der Waals surface area contributed by atoms with E-state index in [1.165, 1.54) is 23.5 Å². The maximum absolute atomic E-state index is 14.2. The molecule has 0 aliphatic carbocycles. The summed E-state index contributed by atoms with van der Waals surface area (Å²) in [5.74, 6) is -9.69. The Hall–Kier alpha value is -2.51. The van der Waals surface area contributed by atoms with Crippen LogP contribution in [0.3, 0.4) is 0 Å². The second kappa shape index (κ2) is 5.99. The van der Waals surface area contributed by atoms with E-state index in [2.05, 4.69) is 6.07 Å². The molecule has 140 valence electrons. The third kappa shape index (κ3) is 2.32. The number of halogens is 5. The van der Waals surface area contributed by atoms with E-state index in [1.54, 1.807) is 17.4 Å². The SMILES string of the molecule is Cc1ccc2c(c1)sc1c3ccc(-c4c(F)c(F)c(F)c(F)c4F)cc3sc21. The molecule has 0 aliphatic rings. The smallest absolute Gasteiger partial charge is 0.200 e. The van der Waals surface area contributed by atoms with Gasteiger partial charge in [0.2, 0.25) is 5.82 Å². The van der Waals surface area contributed by atoms with Crippen LogP contribution in [0.2, 0.25) is 0 Å². The lowest BCUT2D eigenvalue weighted by atomic mass is 10.0. The average Bonchev–Trinajstić information content (AvgIpc) is 3.19. The van der Waals surface area contributed by atoms with E-state index in [0.29, 0.717) is 0 Å². The Morgan fingerprint density at radius 2 is 1.11 bits per heavy atom. The minimum Gasteiger partial charge on any atom is -0.203 e. The highest BCUT2D eigenvalue weighted by molar-refractivity contribution is 7.36. The number of fused-ring (bicyclic) bond motifs is 5. The van der Waals surface area contributed by atoms with Gasteiger partial charge in [0.05, 0.1) is 15.0 Å². The summed E-state index contributed by atoms with van der Waals surface area (Å²) >= 11 is 3.06. The molecule has 0 radical (unpaired) electrons. The topological polar surface area (TPSA) is 0 Å². The van der Waals surface area contributed by atoms with Crippen molar-refractivity contribution in [3.8, 4) is 11.1 Å². The molecule has 0 saturated heterocycles. The Labute approximate surface area is 163 Å². The van der Waals surface area contributed by atoms with Crippen LogP contribution in [0.5, 0.6) is 0 Å². The largest absolute Gasteiger partial charge is 0.203 e. The van der Waals surface area contributed by atoms with Gasteiger partial charge < -0.3 is 0 Å². The molecule has 7 heteroatoms. The maximum Gasteiger partial charge on any atom is 0.200 e. The summed E-state index contributed by atoms with van der Waals surface area (Å²) in [5, 5.41) is 1.98. The fraction of sp³-hybridized carbons (Fsp3) is 0.0476. The van der Waals surface area contributed by atoms with Crippen molar-refractivity contribution in [1.29, 1.82) is 0 Å². The van der Waals surface area contributed by atoms with E-state index in [1.807, 2.05) is 19.1 Å². The first kappa shape index (κ1) is 17.6.